The number of ketones is 1. The zero-order valence-electron chi connectivity index (χ0n) is 12.6. The van der Waals surface area contributed by atoms with Crippen LogP contribution in [0.1, 0.15) is 33.2 Å². The van der Waals surface area contributed by atoms with E-state index in [0.717, 1.165) is 5.56 Å². The molecule has 1 aromatic heterocycles. The van der Waals surface area contributed by atoms with Crippen molar-refractivity contribution < 1.29 is 9.59 Å². The molecule has 2 N–H and O–H groups in total. The molecule has 5 nitrogen and oxygen atoms in total. The lowest BCUT2D eigenvalue weighted by molar-refractivity contribution is 0.0961. The molecule has 0 aliphatic heterocycles. The van der Waals surface area contributed by atoms with Gasteiger partial charge in [0, 0.05) is 30.4 Å². The predicted molar refractivity (Wildman–Crippen MR) is 89.2 cm³/mol. The van der Waals surface area contributed by atoms with Crippen LogP contribution in [0.15, 0.2) is 30.5 Å². The standard InChI is InChI=1S/C16H15Cl2N3O2/c1-9(22)14-6-13(18)8-21(15(14)19)7-10-3-11(16(23)20-2)5-12(17)4-10/h3-6,8,19H,7H2,1-2H3,(H,20,23). The molecular weight excluding hydrogens is 337 g/mol. The zero-order valence-corrected chi connectivity index (χ0v) is 14.1. The lowest BCUT2D eigenvalue weighted by Crippen LogP contribution is -2.26. The van der Waals surface area contributed by atoms with E-state index in [0.29, 0.717) is 15.6 Å². The SMILES string of the molecule is CNC(=O)c1cc(Cl)cc(Cn2cc(Cl)cc(C(C)=O)c2=N)c1. The van der Waals surface area contributed by atoms with Crippen LogP contribution >= 0.6 is 23.2 Å². The van der Waals surface area contributed by atoms with Crippen LogP contribution in [0.5, 0.6) is 0 Å². The van der Waals surface area contributed by atoms with Gasteiger partial charge in [-0.1, -0.05) is 23.2 Å². The number of rotatable bonds is 4. The largest absolute Gasteiger partial charge is 0.355 e. The highest BCUT2D eigenvalue weighted by atomic mass is 35.5. The number of benzene rings is 1. The summed E-state index contributed by atoms with van der Waals surface area (Å²) in [5, 5.41) is 11.4. The van der Waals surface area contributed by atoms with Gasteiger partial charge in [-0.25, -0.2) is 0 Å². The molecule has 2 rings (SSSR count). The minimum atomic E-state index is -0.250. The summed E-state index contributed by atoms with van der Waals surface area (Å²) in [6, 6.07) is 6.42. The molecule has 0 aliphatic rings. The van der Waals surface area contributed by atoms with Crippen LogP contribution in [-0.4, -0.2) is 23.3 Å². The number of carbonyl (C=O) groups excluding carboxylic acids is 2. The lowest BCUT2D eigenvalue weighted by Gasteiger charge is -2.11. The number of aromatic nitrogens is 1. The number of nitrogens with zero attached hydrogens (tertiary/aromatic N) is 1. The van der Waals surface area contributed by atoms with Gasteiger partial charge >= 0.3 is 0 Å². The molecule has 0 saturated heterocycles. The molecule has 1 aromatic carbocycles. The third kappa shape index (κ3) is 4.00. The number of halogens is 2. The Morgan fingerprint density at radius 3 is 2.48 bits per heavy atom. The van der Waals surface area contributed by atoms with Gasteiger partial charge < -0.3 is 9.88 Å². The Hall–Kier alpha value is -2.11. The summed E-state index contributed by atoms with van der Waals surface area (Å²) < 4.78 is 1.54. The number of hydrogen-bond donors (Lipinski definition) is 2. The van der Waals surface area contributed by atoms with Gasteiger partial charge in [-0.15, -0.1) is 0 Å². The fourth-order valence-electron chi connectivity index (χ4n) is 2.22. The molecule has 0 saturated carbocycles. The highest BCUT2D eigenvalue weighted by Gasteiger charge is 2.10. The van der Waals surface area contributed by atoms with Crippen molar-refractivity contribution in [2.45, 2.75) is 13.5 Å². The van der Waals surface area contributed by atoms with Gasteiger partial charge in [0.25, 0.3) is 5.91 Å². The summed E-state index contributed by atoms with van der Waals surface area (Å²) in [7, 11) is 1.54. The molecule has 1 heterocycles. The Balaban J connectivity index is 2.48. The summed E-state index contributed by atoms with van der Waals surface area (Å²) in [4.78, 5) is 23.3. The van der Waals surface area contributed by atoms with E-state index >= 15 is 0 Å². The summed E-state index contributed by atoms with van der Waals surface area (Å²) >= 11 is 12.1. The van der Waals surface area contributed by atoms with Gasteiger partial charge in [-0.2, -0.15) is 0 Å². The first-order valence-electron chi connectivity index (χ1n) is 6.79. The number of Topliss-reactive ketones (excluding diaryl/α,β-unsaturated/α-hetero) is 1. The first-order chi connectivity index (χ1) is 10.8. The molecule has 0 fully saturated rings. The van der Waals surface area contributed by atoms with Crippen molar-refractivity contribution >= 4 is 34.9 Å². The molecule has 0 unspecified atom stereocenters. The fraction of sp³-hybridized carbons (Fsp3) is 0.188. The number of pyridine rings is 1. The van der Waals surface area contributed by atoms with Crippen molar-refractivity contribution in [3.63, 3.8) is 0 Å². The third-order valence-electron chi connectivity index (χ3n) is 3.28. The minimum Gasteiger partial charge on any atom is -0.355 e. The van der Waals surface area contributed by atoms with E-state index in [1.807, 2.05) is 0 Å². The Labute approximate surface area is 143 Å². The highest BCUT2D eigenvalue weighted by Crippen LogP contribution is 2.17. The van der Waals surface area contributed by atoms with E-state index in [1.54, 1.807) is 29.0 Å². The molecular formula is C16H15Cl2N3O2. The number of hydrogen-bond acceptors (Lipinski definition) is 3. The fourth-order valence-corrected chi connectivity index (χ4v) is 2.70. The summed E-state index contributed by atoms with van der Waals surface area (Å²) in [5.74, 6) is -0.483. The molecule has 0 atom stereocenters. The van der Waals surface area contributed by atoms with Crippen molar-refractivity contribution in [1.29, 1.82) is 5.41 Å². The molecule has 2 aromatic rings. The van der Waals surface area contributed by atoms with Crippen LogP contribution in [0.3, 0.4) is 0 Å². The number of nitrogens with one attached hydrogen (secondary N) is 2. The smallest absolute Gasteiger partial charge is 0.251 e. The van der Waals surface area contributed by atoms with E-state index in [2.05, 4.69) is 5.32 Å². The van der Waals surface area contributed by atoms with Gasteiger partial charge in [0.05, 0.1) is 10.6 Å². The molecule has 23 heavy (non-hydrogen) atoms. The molecule has 0 radical (unpaired) electrons. The van der Waals surface area contributed by atoms with Crippen molar-refractivity contribution in [3.8, 4) is 0 Å². The average Bonchev–Trinajstić information content (AvgIpc) is 2.48. The van der Waals surface area contributed by atoms with Crippen molar-refractivity contribution in [1.82, 2.24) is 9.88 Å². The van der Waals surface area contributed by atoms with E-state index in [1.165, 1.54) is 20.0 Å². The zero-order chi connectivity index (χ0) is 17.1. The van der Waals surface area contributed by atoms with Crippen LogP contribution in [0.2, 0.25) is 10.0 Å². The highest BCUT2D eigenvalue weighted by molar-refractivity contribution is 6.31. The van der Waals surface area contributed by atoms with Crippen molar-refractivity contribution in [2.24, 2.45) is 0 Å². The minimum absolute atomic E-state index is 0.0587. The molecule has 7 heteroatoms. The first kappa shape index (κ1) is 17.2. The second kappa shape index (κ2) is 6.98. The molecule has 0 bridgehead atoms. The van der Waals surface area contributed by atoms with E-state index in [4.69, 9.17) is 28.6 Å². The average molecular weight is 352 g/mol. The molecule has 0 spiro atoms. The summed E-state index contributed by atoms with van der Waals surface area (Å²) in [5.41, 5.74) is 1.46. The Kier molecular flexibility index (Phi) is 5.23. The second-order valence-electron chi connectivity index (χ2n) is 5.03. The van der Waals surface area contributed by atoms with Gasteiger partial charge in [0.15, 0.2) is 5.78 Å². The van der Waals surface area contributed by atoms with E-state index < -0.39 is 0 Å². The van der Waals surface area contributed by atoms with Crippen LogP contribution in [0, 0.1) is 5.41 Å². The Morgan fingerprint density at radius 1 is 1.17 bits per heavy atom. The van der Waals surface area contributed by atoms with Crippen LogP contribution in [0.4, 0.5) is 0 Å². The van der Waals surface area contributed by atoms with Crippen LogP contribution in [0.25, 0.3) is 0 Å². The Morgan fingerprint density at radius 2 is 1.87 bits per heavy atom. The summed E-state index contributed by atoms with van der Waals surface area (Å²) in [6.45, 7) is 1.65. The van der Waals surface area contributed by atoms with Gasteiger partial charge in [0.1, 0.15) is 5.49 Å². The maximum absolute atomic E-state index is 11.8. The second-order valence-corrected chi connectivity index (χ2v) is 5.90. The molecule has 1 amide bonds. The Bertz CT molecular complexity index is 844. The molecule has 0 aliphatic carbocycles. The maximum atomic E-state index is 11.8. The lowest BCUT2D eigenvalue weighted by atomic mass is 10.1. The van der Waals surface area contributed by atoms with E-state index in [9.17, 15) is 9.59 Å². The topological polar surface area (TPSA) is 75.0 Å². The normalized spacial score (nSPS) is 10.4. The monoisotopic (exact) mass is 351 g/mol. The van der Waals surface area contributed by atoms with Crippen molar-refractivity contribution in [3.05, 3.63) is 62.7 Å². The quantitative estimate of drug-likeness (QED) is 0.831. The predicted octanol–water partition coefficient (Wildman–Crippen LogP) is 2.88. The first-order valence-corrected chi connectivity index (χ1v) is 7.54. The number of amides is 1. The van der Waals surface area contributed by atoms with Gasteiger partial charge in [-0.05, 0) is 36.8 Å². The van der Waals surface area contributed by atoms with E-state index in [-0.39, 0.29) is 29.3 Å². The van der Waals surface area contributed by atoms with Gasteiger partial charge in [0.2, 0.25) is 0 Å². The van der Waals surface area contributed by atoms with Crippen molar-refractivity contribution in [2.75, 3.05) is 7.05 Å². The van der Waals surface area contributed by atoms with Gasteiger partial charge in [-0.3, -0.25) is 15.0 Å². The molecule has 120 valence electrons. The third-order valence-corrected chi connectivity index (χ3v) is 3.71. The van der Waals surface area contributed by atoms with Crippen LogP contribution < -0.4 is 10.8 Å². The number of carbonyl (C=O) groups is 2. The maximum Gasteiger partial charge on any atom is 0.251 e. The summed E-state index contributed by atoms with van der Waals surface area (Å²) in [6.07, 6.45) is 1.57. The van der Waals surface area contributed by atoms with Crippen LogP contribution in [-0.2, 0) is 6.54 Å².